The van der Waals surface area contributed by atoms with Crippen molar-refractivity contribution in [2.24, 2.45) is 4.99 Å². The van der Waals surface area contributed by atoms with Gasteiger partial charge in [0.25, 0.3) is 0 Å². The van der Waals surface area contributed by atoms with Gasteiger partial charge in [-0.2, -0.15) is 0 Å². The number of allylic oxidation sites excluding steroid dienone is 1. The van der Waals surface area contributed by atoms with E-state index in [-0.39, 0.29) is 5.54 Å². The molecule has 0 spiro atoms. The average molecular weight is 303 g/mol. The second-order valence-electron chi connectivity index (χ2n) is 7.34. The zero-order chi connectivity index (χ0) is 16.4. The number of hydrogen-bond acceptors (Lipinski definition) is 1. The summed E-state index contributed by atoms with van der Waals surface area (Å²) >= 11 is 0. The predicted molar refractivity (Wildman–Crippen MR) is 100 cm³/mol. The van der Waals surface area contributed by atoms with Crippen LogP contribution in [0.3, 0.4) is 0 Å². The van der Waals surface area contributed by atoms with Gasteiger partial charge >= 0.3 is 0 Å². The van der Waals surface area contributed by atoms with E-state index in [1.54, 1.807) is 0 Å². The summed E-state index contributed by atoms with van der Waals surface area (Å²) < 4.78 is 0. The summed E-state index contributed by atoms with van der Waals surface area (Å²) in [5.74, 6) is 0.380. The summed E-state index contributed by atoms with van der Waals surface area (Å²) in [4.78, 5) is 4.64. The maximum absolute atomic E-state index is 4.64. The van der Waals surface area contributed by atoms with Gasteiger partial charge in [0, 0.05) is 18.6 Å². The van der Waals surface area contributed by atoms with E-state index in [0.29, 0.717) is 5.92 Å². The molecule has 1 nitrogen and oxygen atoms in total. The fourth-order valence-corrected chi connectivity index (χ4v) is 3.31. The average Bonchev–Trinajstić information content (AvgIpc) is 2.82. The van der Waals surface area contributed by atoms with E-state index in [1.807, 2.05) is 0 Å². The molecule has 23 heavy (non-hydrogen) atoms. The largest absolute Gasteiger partial charge is 0.291 e. The molecule has 3 rings (SSSR count). The Morgan fingerprint density at radius 3 is 2.35 bits per heavy atom. The number of rotatable bonds is 3. The first-order valence-electron chi connectivity index (χ1n) is 8.34. The minimum atomic E-state index is -0.00921. The molecule has 0 N–H and O–H groups in total. The highest BCUT2D eigenvalue weighted by Gasteiger charge is 2.25. The summed E-state index contributed by atoms with van der Waals surface area (Å²) in [6.45, 7) is 8.64. The van der Waals surface area contributed by atoms with Gasteiger partial charge in [-0.3, -0.25) is 4.99 Å². The summed E-state index contributed by atoms with van der Waals surface area (Å²) in [5, 5.41) is 0. The second kappa shape index (κ2) is 6.16. The van der Waals surface area contributed by atoms with Crippen LogP contribution in [0.15, 0.2) is 59.1 Å². The van der Waals surface area contributed by atoms with E-state index in [1.165, 1.54) is 27.8 Å². The predicted octanol–water partition coefficient (Wildman–Crippen LogP) is 5.65. The fraction of sp³-hybridized carbons (Fsp3) is 0.318. The molecule has 0 bridgehead atoms. The molecule has 1 heteroatoms. The van der Waals surface area contributed by atoms with E-state index in [9.17, 15) is 0 Å². The highest BCUT2D eigenvalue weighted by atomic mass is 14.8. The summed E-state index contributed by atoms with van der Waals surface area (Å²) in [6, 6.07) is 17.5. The molecule has 0 heterocycles. The van der Waals surface area contributed by atoms with Crippen molar-refractivity contribution in [3.63, 3.8) is 0 Å². The molecule has 1 aliphatic carbocycles. The minimum Gasteiger partial charge on any atom is -0.291 e. The zero-order valence-corrected chi connectivity index (χ0v) is 14.5. The van der Waals surface area contributed by atoms with Crippen LogP contribution >= 0.6 is 0 Å². The molecule has 2 aromatic rings. The van der Waals surface area contributed by atoms with Gasteiger partial charge in [0.05, 0.1) is 5.54 Å². The molecule has 2 aromatic carbocycles. The third kappa shape index (κ3) is 3.44. The number of aliphatic imine (C=N–C) groups is 1. The maximum atomic E-state index is 4.64. The van der Waals surface area contributed by atoms with Gasteiger partial charge in [-0.1, -0.05) is 60.2 Å². The molecule has 0 saturated carbocycles. The number of benzene rings is 2. The highest BCUT2D eigenvalue weighted by Crippen LogP contribution is 2.41. The van der Waals surface area contributed by atoms with Crippen molar-refractivity contribution in [2.75, 3.05) is 0 Å². The third-order valence-corrected chi connectivity index (χ3v) is 4.30. The van der Waals surface area contributed by atoms with Crippen molar-refractivity contribution in [1.82, 2.24) is 0 Å². The Morgan fingerprint density at radius 1 is 0.957 bits per heavy atom. The maximum Gasteiger partial charge on any atom is 0.0520 e. The smallest absolute Gasteiger partial charge is 0.0520 e. The van der Waals surface area contributed by atoms with E-state index in [0.717, 1.165) is 6.42 Å². The number of nitrogens with zero attached hydrogens (tertiary/aromatic N) is 1. The van der Waals surface area contributed by atoms with Crippen molar-refractivity contribution in [1.29, 1.82) is 0 Å². The van der Waals surface area contributed by atoms with E-state index < -0.39 is 0 Å². The van der Waals surface area contributed by atoms with Gasteiger partial charge in [-0.15, -0.1) is 0 Å². The first-order chi connectivity index (χ1) is 11.0. The lowest BCUT2D eigenvalue weighted by atomic mass is 9.85. The molecule has 0 amide bonds. The highest BCUT2D eigenvalue weighted by molar-refractivity contribution is 5.70. The molecule has 1 aliphatic rings. The molecular weight excluding hydrogens is 278 g/mol. The van der Waals surface area contributed by atoms with Crippen LogP contribution in [0.2, 0.25) is 0 Å². The molecule has 0 saturated heterocycles. The monoisotopic (exact) mass is 303 g/mol. The van der Waals surface area contributed by atoms with Crippen molar-refractivity contribution in [3.8, 4) is 0 Å². The van der Waals surface area contributed by atoms with Crippen LogP contribution in [0, 0.1) is 0 Å². The van der Waals surface area contributed by atoms with Crippen LogP contribution in [-0.2, 0) is 6.42 Å². The van der Waals surface area contributed by atoms with Crippen LogP contribution in [0.1, 0.15) is 55.9 Å². The third-order valence-electron chi connectivity index (χ3n) is 4.30. The first-order valence-corrected chi connectivity index (χ1v) is 8.34. The number of hydrogen-bond donors (Lipinski definition) is 0. The SMILES string of the molecule is CC1=Cc2ccccc2C1c1ccccc1CC=NC(C)(C)C. The molecule has 0 fully saturated rings. The second-order valence-corrected chi connectivity index (χ2v) is 7.34. The standard InChI is InChI=1S/C22H25N/c1-16-15-18-10-6-8-12-20(18)21(16)19-11-7-5-9-17(19)13-14-23-22(2,3)4/h5-12,14-15,21H,13H2,1-4H3. The van der Waals surface area contributed by atoms with Crippen LogP contribution in [0.4, 0.5) is 0 Å². The van der Waals surface area contributed by atoms with Gasteiger partial charge in [0.15, 0.2) is 0 Å². The van der Waals surface area contributed by atoms with Gasteiger partial charge in [0.2, 0.25) is 0 Å². The van der Waals surface area contributed by atoms with E-state index in [2.05, 4.69) is 93.5 Å². The fourth-order valence-electron chi connectivity index (χ4n) is 3.31. The topological polar surface area (TPSA) is 12.4 Å². The lowest BCUT2D eigenvalue weighted by Crippen LogP contribution is -2.10. The van der Waals surface area contributed by atoms with Crippen LogP contribution in [0.25, 0.3) is 6.08 Å². The quantitative estimate of drug-likeness (QED) is 0.650. The Balaban J connectivity index is 1.96. The molecule has 1 atom stereocenters. The van der Waals surface area contributed by atoms with Gasteiger partial charge in [0.1, 0.15) is 0 Å². The van der Waals surface area contributed by atoms with Crippen molar-refractivity contribution >= 4 is 12.3 Å². The normalized spacial score (nSPS) is 17.4. The summed E-state index contributed by atoms with van der Waals surface area (Å²) in [7, 11) is 0. The molecule has 118 valence electrons. The molecular formula is C22H25N. The van der Waals surface area contributed by atoms with Gasteiger partial charge < -0.3 is 0 Å². The van der Waals surface area contributed by atoms with Gasteiger partial charge in [-0.05, 0) is 49.9 Å². The Morgan fingerprint density at radius 2 is 1.61 bits per heavy atom. The Bertz CT molecular complexity index is 760. The van der Waals surface area contributed by atoms with E-state index in [4.69, 9.17) is 0 Å². The van der Waals surface area contributed by atoms with E-state index >= 15 is 0 Å². The van der Waals surface area contributed by atoms with Gasteiger partial charge in [-0.25, -0.2) is 0 Å². The lowest BCUT2D eigenvalue weighted by molar-refractivity contribution is 0.585. The van der Waals surface area contributed by atoms with Crippen molar-refractivity contribution in [3.05, 3.63) is 76.4 Å². The Hall–Kier alpha value is -2.15. The molecule has 0 aromatic heterocycles. The van der Waals surface area contributed by atoms with Crippen LogP contribution < -0.4 is 0 Å². The van der Waals surface area contributed by atoms with Crippen LogP contribution in [0.5, 0.6) is 0 Å². The zero-order valence-electron chi connectivity index (χ0n) is 14.5. The Kier molecular flexibility index (Phi) is 4.21. The Labute approximate surface area is 139 Å². The molecule has 1 unspecified atom stereocenters. The first kappa shape index (κ1) is 15.7. The van der Waals surface area contributed by atoms with Crippen molar-refractivity contribution in [2.45, 2.75) is 45.6 Å². The summed E-state index contributed by atoms with van der Waals surface area (Å²) in [6.07, 6.45) is 5.28. The molecule has 0 aliphatic heterocycles. The van der Waals surface area contributed by atoms with Crippen LogP contribution in [-0.4, -0.2) is 11.8 Å². The number of fused-ring (bicyclic) bond motifs is 1. The van der Waals surface area contributed by atoms with Crippen molar-refractivity contribution < 1.29 is 0 Å². The molecule has 0 radical (unpaired) electrons. The summed E-state index contributed by atoms with van der Waals surface area (Å²) in [5.41, 5.74) is 6.97. The lowest BCUT2D eigenvalue weighted by Gasteiger charge is -2.19. The minimum absolute atomic E-state index is 0.00921.